The Morgan fingerprint density at radius 2 is 1.97 bits per heavy atom. The molecule has 7 nitrogen and oxygen atoms in total. The van der Waals surface area contributed by atoms with E-state index in [-0.39, 0.29) is 5.92 Å². The summed E-state index contributed by atoms with van der Waals surface area (Å²) in [4.78, 5) is 25.2. The number of benzene rings is 2. The van der Waals surface area contributed by atoms with E-state index >= 15 is 0 Å². The molecule has 0 fully saturated rings. The normalized spacial score (nSPS) is 12.0. The zero-order valence-electron chi connectivity index (χ0n) is 17.7. The molecule has 0 heterocycles. The van der Waals surface area contributed by atoms with E-state index in [0.717, 1.165) is 9.13 Å². The second kappa shape index (κ2) is 11.9. The largest absolute Gasteiger partial charge is 0.493 e. The lowest BCUT2D eigenvalue weighted by molar-refractivity contribution is -0.123. The monoisotopic (exact) mass is 557 g/mol. The minimum absolute atomic E-state index is 0.159. The van der Waals surface area contributed by atoms with E-state index in [1.165, 1.54) is 6.21 Å². The third kappa shape index (κ3) is 6.83. The van der Waals surface area contributed by atoms with Crippen LogP contribution in [-0.2, 0) is 4.79 Å². The maximum atomic E-state index is 12.6. The summed E-state index contributed by atoms with van der Waals surface area (Å²) in [5.74, 6) is 0.226. The number of ether oxygens (including phenoxy) is 2. The first kappa shape index (κ1) is 24.9. The molecule has 0 aliphatic carbocycles. The summed E-state index contributed by atoms with van der Waals surface area (Å²) >= 11 is 8.23. The first-order valence-corrected chi connectivity index (χ1v) is 11.1. The van der Waals surface area contributed by atoms with Crippen LogP contribution >= 0.6 is 34.2 Å². The smallest absolute Gasteiger partial charge is 0.262 e. The van der Waals surface area contributed by atoms with E-state index in [9.17, 15) is 9.59 Å². The number of carbonyl (C=O) groups excluding carboxylic acids is 2. The van der Waals surface area contributed by atoms with Crippen molar-refractivity contribution in [2.24, 2.45) is 11.0 Å². The predicted molar refractivity (Wildman–Crippen MR) is 130 cm³/mol. The Labute approximate surface area is 200 Å². The molecule has 31 heavy (non-hydrogen) atoms. The number of nitrogens with one attached hydrogen (secondary N) is 2. The molecule has 0 aromatic heterocycles. The average Bonchev–Trinajstić information content (AvgIpc) is 2.73. The standard InChI is InChI=1S/C22H25ClIN3O4/c1-5-31-20-17(24)10-14(11-18(20)30-4)12-25-27-22(29)19(13(2)3)26-21(28)15-8-6-7-9-16(15)23/h6-13,19H,5H2,1-4H3,(H,26,28)(H,27,29). The van der Waals surface area contributed by atoms with E-state index in [1.807, 2.05) is 26.8 Å². The molecule has 2 amide bonds. The van der Waals surface area contributed by atoms with Gasteiger partial charge in [0.05, 0.1) is 34.1 Å². The van der Waals surface area contributed by atoms with E-state index in [2.05, 4.69) is 38.4 Å². The van der Waals surface area contributed by atoms with Crippen molar-refractivity contribution < 1.29 is 19.1 Å². The van der Waals surface area contributed by atoms with Crippen LogP contribution in [0.4, 0.5) is 0 Å². The number of amides is 2. The average molecular weight is 558 g/mol. The molecule has 0 saturated carbocycles. The number of hydrazone groups is 1. The molecule has 1 unspecified atom stereocenters. The van der Waals surface area contributed by atoms with Crippen molar-refractivity contribution >= 4 is 52.2 Å². The van der Waals surface area contributed by atoms with Crippen molar-refractivity contribution in [1.29, 1.82) is 0 Å². The highest BCUT2D eigenvalue weighted by Crippen LogP contribution is 2.33. The molecule has 0 spiro atoms. The third-order valence-corrected chi connectivity index (χ3v) is 5.41. The Balaban J connectivity index is 2.10. The third-order valence-electron chi connectivity index (χ3n) is 4.28. The molecular weight excluding hydrogens is 533 g/mol. The number of methoxy groups -OCH3 is 1. The molecule has 0 aliphatic heterocycles. The van der Waals surface area contributed by atoms with Crippen molar-refractivity contribution in [3.8, 4) is 11.5 Å². The van der Waals surface area contributed by atoms with Gasteiger partial charge in [-0.15, -0.1) is 0 Å². The van der Waals surface area contributed by atoms with Crippen LogP contribution in [0.25, 0.3) is 0 Å². The summed E-state index contributed by atoms with van der Waals surface area (Å²) in [5, 5.41) is 7.08. The van der Waals surface area contributed by atoms with Gasteiger partial charge in [-0.2, -0.15) is 5.10 Å². The van der Waals surface area contributed by atoms with E-state index < -0.39 is 17.9 Å². The lowest BCUT2D eigenvalue weighted by atomic mass is 10.0. The topological polar surface area (TPSA) is 89.0 Å². The Morgan fingerprint density at radius 3 is 2.58 bits per heavy atom. The van der Waals surface area contributed by atoms with Gasteiger partial charge in [-0.05, 0) is 65.3 Å². The number of rotatable bonds is 9. The molecule has 2 aromatic carbocycles. The summed E-state index contributed by atoms with van der Waals surface area (Å²) in [6.45, 7) is 6.09. The highest BCUT2D eigenvalue weighted by atomic mass is 127. The predicted octanol–water partition coefficient (Wildman–Crippen LogP) is 4.26. The molecule has 9 heteroatoms. The Bertz CT molecular complexity index is 966. The maximum absolute atomic E-state index is 12.6. The first-order valence-electron chi connectivity index (χ1n) is 9.67. The van der Waals surface area contributed by atoms with Crippen LogP contribution in [0.3, 0.4) is 0 Å². The fourth-order valence-corrected chi connectivity index (χ4v) is 3.74. The Morgan fingerprint density at radius 1 is 1.26 bits per heavy atom. The van der Waals surface area contributed by atoms with Gasteiger partial charge >= 0.3 is 0 Å². The number of halogens is 2. The molecule has 2 N–H and O–H groups in total. The lowest BCUT2D eigenvalue weighted by Crippen LogP contribution is -2.48. The second-order valence-electron chi connectivity index (χ2n) is 6.88. The van der Waals surface area contributed by atoms with Gasteiger partial charge in [0.1, 0.15) is 6.04 Å². The Kier molecular flexibility index (Phi) is 9.57. The van der Waals surface area contributed by atoms with E-state index in [0.29, 0.717) is 28.7 Å². The zero-order chi connectivity index (χ0) is 23.0. The van der Waals surface area contributed by atoms with Gasteiger partial charge in [0, 0.05) is 0 Å². The number of hydrogen-bond acceptors (Lipinski definition) is 5. The highest BCUT2D eigenvalue weighted by Gasteiger charge is 2.25. The molecule has 0 saturated heterocycles. The maximum Gasteiger partial charge on any atom is 0.262 e. The quantitative estimate of drug-likeness (QED) is 0.274. The van der Waals surface area contributed by atoms with E-state index in [1.54, 1.807) is 37.4 Å². The highest BCUT2D eigenvalue weighted by molar-refractivity contribution is 14.1. The van der Waals surface area contributed by atoms with Crippen molar-refractivity contribution in [2.45, 2.75) is 26.8 Å². The molecule has 2 aromatic rings. The minimum atomic E-state index is -0.782. The van der Waals surface area contributed by atoms with Crippen molar-refractivity contribution in [3.63, 3.8) is 0 Å². The van der Waals surface area contributed by atoms with Gasteiger partial charge < -0.3 is 14.8 Å². The fourth-order valence-electron chi connectivity index (χ4n) is 2.74. The van der Waals surface area contributed by atoms with Crippen LogP contribution in [0.1, 0.15) is 36.7 Å². The second-order valence-corrected chi connectivity index (χ2v) is 8.45. The van der Waals surface area contributed by atoms with Gasteiger partial charge in [0.15, 0.2) is 11.5 Å². The van der Waals surface area contributed by atoms with Crippen LogP contribution in [0, 0.1) is 9.49 Å². The van der Waals surface area contributed by atoms with Gasteiger partial charge in [0.2, 0.25) is 0 Å². The van der Waals surface area contributed by atoms with Crippen molar-refractivity contribution in [3.05, 3.63) is 56.1 Å². The molecule has 2 rings (SSSR count). The molecule has 0 aliphatic rings. The van der Waals surface area contributed by atoms with Gasteiger partial charge in [-0.1, -0.05) is 37.6 Å². The summed E-state index contributed by atoms with van der Waals surface area (Å²) in [6, 6.07) is 9.52. The zero-order valence-corrected chi connectivity index (χ0v) is 20.7. The first-order chi connectivity index (χ1) is 14.8. The SMILES string of the molecule is CCOc1c(I)cc(C=NNC(=O)C(NC(=O)c2ccccc2Cl)C(C)C)cc1OC. The fraction of sp³-hybridized carbons (Fsp3) is 0.318. The Hall–Kier alpha value is -2.33. The van der Waals surface area contributed by atoms with Crippen LogP contribution in [0.15, 0.2) is 41.5 Å². The minimum Gasteiger partial charge on any atom is -0.493 e. The van der Waals surface area contributed by atoms with Crippen LogP contribution in [-0.4, -0.2) is 37.8 Å². The summed E-state index contributed by atoms with van der Waals surface area (Å²) in [7, 11) is 1.56. The van der Waals surface area contributed by atoms with Crippen LogP contribution in [0.2, 0.25) is 5.02 Å². The van der Waals surface area contributed by atoms with Crippen molar-refractivity contribution in [2.75, 3.05) is 13.7 Å². The van der Waals surface area contributed by atoms with Crippen LogP contribution < -0.4 is 20.2 Å². The molecule has 0 radical (unpaired) electrons. The lowest BCUT2D eigenvalue weighted by Gasteiger charge is -2.20. The molecule has 0 bridgehead atoms. The number of carbonyl (C=O) groups is 2. The summed E-state index contributed by atoms with van der Waals surface area (Å²) in [6.07, 6.45) is 1.51. The molecule has 1 atom stereocenters. The number of nitrogens with zero attached hydrogens (tertiary/aromatic N) is 1. The van der Waals surface area contributed by atoms with Crippen molar-refractivity contribution in [1.82, 2.24) is 10.7 Å². The summed E-state index contributed by atoms with van der Waals surface area (Å²) in [5.41, 5.74) is 3.52. The van der Waals surface area contributed by atoms with Crippen LogP contribution in [0.5, 0.6) is 11.5 Å². The molecular formula is C22H25ClIN3O4. The van der Waals surface area contributed by atoms with Gasteiger partial charge in [-0.3, -0.25) is 9.59 Å². The molecule has 166 valence electrons. The van der Waals surface area contributed by atoms with Gasteiger partial charge in [0.25, 0.3) is 11.8 Å². The number of hydrogen-bond donors (Lipinski definition) is 2. The van der Waals surface area contributed by atoms with Gasteiger partial charge in [-0.25, -0.2) is 5.43 Å². The summed E-state index contributed by atoms with van der Waals surface area (Å²) < 4.78 is 11.8. The van der Waals surface area contributed by atoms with E-state index in [4.69, 9.17) is 21.1 Å².